The summed E-state index contributed by atoms with van der Waals surface area (Å²) < 4.78 is 9.19. The summed E-state index contributed by atoms with van der Waals surface area (Å²) in [4.78, 5) is 8.70. The van der Waals surface area contributed by atoms with Gasteiger partial charge in [-0.2, -0.15) is 0 Å². The molecule has 0 spiro atoms. The van der Waals surface area contributed by atoms with E-state index in [1.807, 2.05) is 17.7 Å². The van der Waals surface area contributed by atoms with Crippen molar-refractivity contribution in [2.24, 2.45) is 0 Å². The van der Waals surface area contributed by atoms with Crippen LogP contribution in [-0.2, 0) is 12.8 Å². The van der Waals surface area contributed by atoms with E-state index in [9.17, 15) is 10.2 Å². The van der Waals surface area contributed by atoms with Gasteiger partial charge < -0.3 is 19.5 Å². The van der Waals surface area contributed by atoms with Crippen LogP contribution in [0.3, 0.4) is 0 Å². The van der Waals surface area contributed by atoms with Crippen molar-refractivity contribution < 1.29 is 14.9 Å². The van der Waals surface area contributed by atoms with Gasteiger partial charge in [0.25, 0.3) is 0 Å². The first-order valence-corrected chi connectivity index (χ1v) is 11.4. The number of hydrogen-bond donors (Lipinski definition) is 2. The lowest BCUT2D eigenvalue weighted by Gasteiger charge is -2.24. The summed E-state index contributed by atoms with van der Waals surface area (Å²) in [6, 6.07) is 3.98. The molecule has 5 rings (SSSR count). The minimum Gasteiger partial charge on any atom is -0.487 e. The van der Waals surface area contributed by atoms with Gasteiger partial charge in [0.05, 0.1) is 17.1 Å². The molecule has 0 saturated heterocycles. The average molecular weight is 472 g/mol. The Morgan fingerprint density at radius 1 is 1.10 bits per heavy atom. The molecule has 2 aromatic heterocycles. The molecule has 0 bridgehead atoms. The quantitative estimate of drug-likeness (QED) is 0.606. The third kappa shape index (κ3) is 3.24. The predicted octanol–water partition coefficient (Wildman–Crippen LogP) is 3.80. The van der Waals surface area contributed by atoms with Crippen LogP contribution in [0.25, 0.3) is 11.0 Å². The molecule has 2 N–H and O–H groups in total. The van der Waals surface area contributed by atoms with E-state index in [0.717, 1.165) is 46.2 Å². The van der Waals surface area contributed by atoms with Gasteiger partial charge in [-0.1, -0.05) is 6.07 Å². The second-order valence-electron chi connectivity index (χ2n) is 8.59. The fraction of sp³-hybridized carbons (Fsp3) is 0.478. The summed E-state index contributed by atoms with van der Waals surface area (Å²) >= 11 is 3.59. The van der Waals surface area contributed by atoms with Crippen LogP contribution in [0, 0.1) is 13.8 Å². The van der Waals surface area contributed by atoms with Gasteiger partial charge >= 0.3 is 0 Å². The lowest BCUT2D eigenvalue weighted by atomic mass is 9.89. The van der Waals surface area contributed by atoms with E-state index < -0.39 is 18.3 Å². The maximum atomic E-state index is 10.9. The fourth-order valence-electron chi connectivity index (χ4n) is 5.05. The Kier molecular flexibility index (Phi) is 5.08. The summed E-state index contributed by atoms with van der Waals surface area (Å²) in [6.07, 6.45) is 6.03. The molecular formula is C23H26BrN3O3. The smallest absolute Gasteiger partial charge is 0.145 e. The van der Waals surface area contributed by atoms with E-state index in [1.54, 1.807) is 0 Å². The maximum absolute atomic E-state index is 10.9. The zero-order valence-electron chi connectivity index (χ0n) is 17.2. The number of aromatic nitrogens is 3. The lowest BCUT2D eigenvalue weighted by molar-refractivity contribution is -0.0166. The Morgan fingerprint density at radius 3 is 2.73 bits per heavy atom. The fourth-order valence-corrected chi connectivity index (χ4v) is 5.73. The van der Waals surface area contributed by atoms with Crippen molar-refractivity contribution >= 4 is 27.0 Å². The Balaban J connectivity index is 1.47. The second kappa shape index (κ2) is 7.62. The van der Waals surface area contributed by atoms with Crippen molar-refractivity contribution in [3.05, 3.63) is 51.5 Å². The number of aryl methyl sites for hydroxylation is 3. The van der Waals surface area contributed by atoms with E-state index in [4.69, 9.17) is 4.74 Å². The van der Waals surface area contributed by atoms with Gasteiger partial charge in [-0.3, -0.25) is 0 Å². The molecule has 2 aliphatic rings. The molecule has 1 aromatic carbocycles. The van der Waals surface area contributed by atoms with E-state index >= 15 is 0 Å². The summed E-state index contributed by atoms with van der Waals surface area (Å²) in [5.41, 5.74) is 5.41. The first-order valence-electron chi connectivity index (χ1n) is 10.6. The van der Waals surface area contributed by atoms with Gasteiger partial charge in [0.1, 0.15) is 36.0 Å². The topological polar surface area (TPSA) is 80.4 Å². The van der Waals surface area contributed by atoms with E-state index in [0.29, 0.717) is 6.42 Å². The van der Waals surface area contributed by atoms with Crippen molar-refractivity contribution in [1.82, 2.24) is 14.5 Å². The maximum Gasteiger partial charge on any atom is 0.145 e. The normalized spacial score (nSPS) is 26.2. The number of hydrogen-bond acceptors (Lipinski definition) is 5. The number of ether oxygens (including phenoxy) is 1. The molecule has 4 atom stereocenters. The molecule has 2 aliphatic carbocycles. The first-order chi connectivity index (χ1) is 14.4. The number of aliphatic hydroxyl groups is 2. The molecule has 1 saturated carbocycles. The molecule has 6 nitrogen and oxygen atoms in total. The van der Waals surface area contributed by atoms with Crippen molar-refractivity contribution in [2.45, 2.75) is 70.3 Å². The Labute approximate surface area is 184 Å². The molecule has 0 amide bonds. The van der Waals surface area contributed by atoms with Crippen LogP contribution < -0.4 is 4.74 Å². The third-order valence-electron chi connectivity index (χ3n) is 6.56. The lowest BCUT2D eigenvalue weighted by Crippen LogP contribution is -2.34. The largest absolute Gasteiger partial charge is 0.487 e. The van der Waals surface area contributed by atoms with Crippen LogP contribution in [0.15, 0.2) is 29.1 Å². The van der Waals surface area contributed by atoms with Crippen molar-refractivity contribution in [2.75, 3.05) is 0 Å². The van der Waals surface area contributed by atoms with Gasteiger partial charge in [0.15, 0.2) is 0 Å². The molecular weight excluding hydrogens is 446 g/mol. The van der Waals surface area contributed by atoms with E-state index in [2.05, 4.69) is 45.0 Å². The minimum atomic E-state index is -0.964. The van der Waals surface area contributed by atoms with Gasteiger partial charge in [0.2, 0.25) is 0 Å². The van der Waals surface area contributed by atoms with Gasteiger partial charge in [0, 0.05) is 17.1 Å². The van der Waals surface area contributed by atoms with Crippen LogP contribution in [0.5, 0.6) is 5.75 Å². The van der Waals surface area contributed by atoms with Gasteiger partial charge in [-0.05, 0) is 78.2 Å². The summed E-state index contributed by atoms with van der Waals surface area (Å²) in [6.45, 7) is 4.02. The number of fused-ring (bicyclic) bond motifs is 2. The second-order valence-corrected chi connectivity index (χ2v) is 9.44. The van der Waals surface area contributed by atoms with Crippen LogP contribution >= 0.6 is 15.9 Å². The Bertz CT molecular complexity index is 1110. The SMILES string of the molecule is Cc1cc2c(c(OC3CC(n4cc(Br)c5c(C)ncnc54)[C@H](O)[C@@H]3O)c1)CCCC2. The van der Waals surface area contributed by atoms with Crippen molar-refractivity contribution in [3.63, 3.8) is 0 Å². The zero-order chi connectivity index (χ0) is 21.0. The monoisotopic (exact) mass is 471 g/mol. The van der Waals surface area contributed by atoms with Crippen LogP contribution in [-0.4, -0.2) is 43.1 Å². The number of aliphatic hydroxyl groups excluding tert-OH is 2. The molecule has 30 heavy (non-hydrogen) atoms. The average Bonchev–Trinajstić information content (AvgIpc) is 3.20. The number of rotatable bonds is 3. The minimum absolute atomic E-state index is 0.325. The van der Waals surface area contributed by atoms with Gasteiger partial charge in [-0.15, -0.1) is 0 Å². The van der Waals surface area contributed by atoms with Crippen LogP contribution in [0.1, 0.15) is 47.7 Å². The molecule has 0 radical (unpaired) electrons. The molecule has 7 heteroatoms. The molecule has 1 fully saturated rings. The molecule has 2 unspecified atom stereocenters. The van der Waals surface area contributed by atoms with Crippen LogP contribution in [0.4, 0.5) is 0 Å². The van der Waals surface area contributed by atoms with Crippen molar-refractivity contribution in [3.8, 4) is 5.75 Å². The first kappa shape index (κ1) is 20.0. The molecule has 0 aliphatic heterocycles. The number of halogens is 1. The van der Waals surface area contributed by atoms with E-state index in [1.165, 1.54) is 29.4 Å². The van der Waals surface area contributed by atoms with Gasteiger partial charge in [-0.25, -0.2) is 9.97 Å². The van der Waals surface area contributed by atoms with E-state index in [-0.39, 0.29) is 6.04 Å². The Morgan fingerprint density at radius 2 is 1.90 bits per heavy atom. The number of nitrogens with zero attached hydrogens (tertiary/aromatic N) is 3. The van der Waals surface area contributed by atoms with Crippen molar-refractivity contribution in [1.29, 1.82) is 0 Å². The number of benzene rings is 1. The summed E-state index contributed by atoms with van der Waals surface area (Å²) in [5.74, 6) is 0.860. The molecule has 158 valence electrons. The summed E-state index contributed by atoms with van der Waals surface area (Å²) in [5, 5.41) is 22.6. The highest BCUT2D eigenvalue weighted by molar-refractivity contribution is 9.10. The highest BCUT2D eigenvalue weighted by atomic mass is 79.9. The standard InChI is InChI=1S/C23H26BrN3O3/c1-12-7-14-5-3-4-6-15(14)18(8-12)30-19-9-17(21(28)22(19)29)27-10-16(24)20-13(2)25-11-26-23(20)27/h7-8,10-11,17,19,21-22,28-29H,3-6,9H2,1-2H3/t17?,19?,21-,22+/m0/s1. The predicted molar refractivity (Wildman–Crippen MR) is 118 cm³/mol. The summed E-state index contributed by atoms with van der Waals surface area (Å²) in [7, 11) is 0. The van der Waals surface area contributed by atoms with Crippen LogP contribution in [0.2, 0.25) is 0 Å². The highest BCUT2D eigenvalue weighted by Crippen LogP contribution is 2.40. The third-order valence-corrected chi connectivity index (χ3v) is 7.16. The Hall–Kier alpha value is -1.96. The highest BCUT2D eigenvalue weighted by Gasteiger charge is 2.45. The molecule has 2 heterocycles. The zero-order valence-corrected chi connectivity index (χ0v) is 18.8. The molecule has 3 aromatic rings.